The van der Waals surface area contributed by atoms with E-state index in [-0.39, 0.29) is 5.41 Å². The molecule has 0 saturated carbocycles. The van der Waals surface area contributed by atoms with Gasteiger partial charge in [0, 0.05) is 18.5 Å². The summed E-state index contributed by atoms with van der Waals surface area (Å²) in [6.45, 7) is 11.6. The second-order valence-corrected chi connectivity index (χ2v) is 11.0. The summed E-state index contributed by atoms with van der Waals surface area (Å²) in [4.78, 5) is 5.05. The lowest BCUT2D eigenvalue weighted by Crippen LogP contribution is -2.40. The maximum absolute atomic E-state index is 13.0. The number of nitrogens with zero attached hydrogens (tertiary/aromatic N) is 2. The van der Waals surface area contributed by atoms with Gasteiger partial charge in [0.1, 0.15) is 0 Å². The Morgan fingerprint density at radius 3 is 2.58 bits per heavy atom. The van der Waals surface area contributed by atoms with Crippen LogP contribution >= 0.6 is 11.3 Å². The fraction of sp³-hybridized carbons (Fsp3) is 0.632. The van der Waals surface area contributed by atoms with Crippen molar-refractivity contribution in [1.29, 1.82) is 0 Å². The van der Waals surface area contributed by atoms with Gasteiger partial charge in [-0.25, -0.2) is 13.4 Å². The van der Waals surface area contributed by atoms with Crippen LogP contribution in [0.15, 0.2) is 23.1 Å². The second-order valence-electron chi connectivity index (χ2n) is 8.05. The summed E-state index contributed by atoms with van der Waals surface area (Å²) < 4.78 is 28.7. The molecule has 1 saturated heterocycles. The first-order valence-corrected chi connectivity index (χ1v) is 11.6. The molecule has 2 heterocycles. The highest BCUT2D eigenvalue weighted by molar-refractivity contribution is 7.89. The van der Waals surface area contributed by atoms with Gasteiger partial charge in [0.15, 0.2) is 0 Å². The number of nitrogens with one attached hydrogen (secondary N) is 1. The molecule has 0 bridgehead atoms. The highest BCUT2D eigenvalue weighted by Crippen LogP contribution is 2.33. The van der Waals surface area contributed by atoms with E-state index >= 15 is 0 Å². The summed E-state index contributed by atoms with van der Waals surface area (Å²) in [6, 6.07) is 5.34. The zero-order valence-electron chi connectivity index (χ0n) is 16.1. The van der Waals surface area contributed by atoms with Gasteiger partial charge in [-0.05, 0) is 50.0 Å². The monoisotopic (exact) mass is 395 g/mol. The van der Waals surface area contributed by atoms with Gasteiger partial charge in [-0.3, -0.25) is 0 Å². The lowest BCUT2D eigenvalue weighted by atomic mass is 9.98. The molecule has 1 aromatic carbocycles. The Balaban J connectivity index is 1.79. The summed E-state index contributed by atoms with van der Waals surface area (Å²) >= 11 is 1.59. The van der Waals surface area contributed by atoms with E-state index in [1.807, 2.05) is 6.07 Å². The van der Waals surface area contributed by atoms with Gasteiger partial charge in [0.25, 0.3) is 0 Å². The Bertz CT molecular complexity index is 861. The molecule has 0 atom stereocenters. The van der Waals surface area contributed by atoms with E-state index in [0.29, 0.717) is 23.9 Å². The molecule has 1 aromatic heterocycles. The predicted molar refractivity (Wildman–Crippen MR) is 108 cm³/mol. The minimum absolute atomic E-state index is 0.0306. The molecule has 0 aliphatic carbocycles. The van der Waals surface area contributed by atoms with Crippen LogP contribution in [0.4, 0.5) is 0 Å². The molecular weight excluding hydrogens is 366 g/mol. The molecule has 3 rings (SSSR count). The maximum atomic E-state index is 13.0. The molecule has 1 fully saturated rings. The predicted octanol–water partition coefficient (Wildman–Crippen LogP) is 3.60. The van der Waals surface area contributed by atoms with E-state index in [4.69, 9.17) is 0 Å². The Labute approximate surface area is 160 Å². The van der Waals surface area contributed by atoms with Crippen LogP contribution in [0.5, 0.6) is 0 Å². The summed E-state index contributed by atoms with van der Waals surface area (Å²) in [5, 5.41) is 4.40. The highest BCUT2D eigenvalue weighted by atomic mass is 32.2. The molecule has 2 aromatic rings. The van der Waals surface area contributed by atoms with Gasteiger partial charge < -0.3 is 5.32 Å². The quantitative estimate of drug-likeness (QED) is 0.840. The molecule has 144 valence electrons. The number of hydrogen-bond acceptors (Lipinski definition) is 5. The van der Waals surface area contributed by atoms with E-state index in [1.54, 1.807) is 27.8 Å². The molecule has 1 aliphatic heterocycles. The lowest BCUT2D eigenvalue weighted by Gasteiger charge is -2.31. The molecular formula is C19H29N3O2S2. The Kier molecular flexibility index (Phi) is 5.72. The standard InChI is InChI=1S/C19H29N3O2S2/c1-5-20-13-14-8-10-22(11-9-14)26(23,24)15-6-7-16-17(12-15)25-18(21-16)19(2,3)4/h6-7,12,14,20H,5,8-11,13H2,1-4H3. The summed E-state index contributed by atoms with van der Waals surface area (Å²) in [5.41, 5.74) is 0.847. The molecule has 5 nitrogen and oxygen atoms in total. The number of hydrogen-bond donors (Lipinski definition) is 1. The van der Waals surface area contributed by atoms with Crippen molar-refractivity contribution in [2.75, 3.05) is 26.2 Å². The minimum Gasteiger partial charge on any atom is -0.317 e. The van der Waals surface area contributed by atoms with Crippen molar-refractivity contribution in [3.05, 3.63) is 23.2 Å². The number of aromatic nitrogens is 1. The fourth-order valence-corrected chi connectivity index (χ4v) is 5.87. The van der Waals surface area contributed by atoms with Crippen LogP contribution in [0.3, 0.4) is 0 Å². The molecule has 0 spiro atoms. The molecule has 26 heavy (non-hydrogen) atoms. The highest BCUT2D eigenvalue weighted by Gasteiger charge is 2.29. The topological polar surface area (TPSA) is 62.3 Å². The van der Waals surface area contributed by atoms with Crippen LogP contribution in [-0.4, -0.2) is 43.9 Å². The zero-order valence-corrected chi connectivity index (χ0v) is 17.7. The third-order valence-corrected chi connectivity index (χ3v) is 8.23. The van der Waals surface area contributed by atoms with Crippen LogP contribution in [0.25, 0.3) is 10.2 Å². The summed E-state index contributed by atoms with van der Waals surface area (Å²) in [6.07, 6.45) is 1.84. The molecule has 1 aliphatic rings. The van der Waals surface area contributed by atoms with Crippen LogP contribution < -0.4 is 5.32 Å². The first-order valence-electron chi connectivity index (χ1n) is 9.33. The number of fused-ring (bicyclic) bond motifs is 1. The van der Waals surface area contributed by atoms with E-state index in [0.717, 1.165) is 41.2 Å². The summed E-state index contributed by atoms with van der Waals surface area (Å²) in [7, 11) is -3.43. The first-order chi connectivity index (χ1) is 12.2. The van der Waals surface area contributed by atoms with Crippen molar-refractivity contribution in [2.24, 2.45) is 5.92 Å². The fourth-order valence-electron chi connectivity index (χ4n) is 3.24. The zero-order chi connectivity index (χ0) is 18.9. The Morgan fingerprint density at radius 1 is 1.27 bits per heavy atom. The number of sulfonamides is 1. The summed E-state index contributed by atoms with van der Waals surface area (Å²) in [5.74, 6) is 0.569. The maximum Gasteiger partial charge on any atom is 0.243 e. The van der Waals surface area contributed by atoms with Crippen LogP contribution in [0, 0.1) is 5.92 Å². The SMILES string of the molecule is CCNCC1CCN(S(=O)(=O)c2ccc3nc(C(C)(C)C)sc3c2)CC1. The number of thiazole rings is 1. The average molecular weight is 396 g/mol. The number of rotatable bonds is 5. The largest absolute Gasteiger partial charge is 0.317 e. The van der Waals surface area contributed by atoms with Gasteiger partial charge in [-0.1, -0.05) is 27.7 Å². The second kappa shape index (κ2) is 7.54. The average Bonchev–Trinajstić information content (AvgIpc) is 3.04. The molecule has 1 N–H and O–H groups in total. The minimum atomic E-state index is -3.43. The smallest absolute Gasteiger partial charge is 0.243 e. The van der Waals surface area contributed by atoms with Crippen molar-refractivity contribution in [3.63, 3.8) is 0 Å². The van der Waals surface area contributed by atoms with Crippen molar-refractivity contribution < 1.29 is 8.42 Å². The van der Waals surface area contributed by atoms with Crippen molar-refractivity contribution in [3.8, 4) is 0 Å². The number of piperidine rings is 1. The molecule has 0 radical (unpaired) electrons. The van der Waals surface area contributed by atoms with E-state index < -0.39 is 10.0 Å². The van der Waals surface area contributed by atoms with Crippen molar-refractivity contribution >= 4 is 31.6 Å². The number of benzene rings is 1. The van der Waals surface area contributed by atoms with Gasteiger partial charge in [0.2, 0.25) is 10.0 Å². The van der Waals surface area contributed by atoms with E-state index in [1.165, 1.54) is 0 Å². The third-order valence-electron chi connectivity index (χ3n) is 4.90. The lowest BCUT2D eigenvalue weighted by molar-refractivity contribution is 0.268. The van der Waals surface area contributed by atoms with Gasteiger partial charge in [-0.15, -0.1) is 11.3 Å². The van der Waals surface area contributed by atoms with Crippen molar-refractivity contribution in [2.45, 2.75) is 50.8 Å². The van der Waals surface area contributed by atoms with Crippen LogP contribution in [-0.2, 0) is 15.4 Å². The first kappa shape index (κ1) is 19.7. The molecule has 0 unspecified atom stereocenters. The van der Waals surface area contributed by atoms with Gasteiger partial charge in [0.05, 0.1) is 20.1 Å². The Hall–Kier alpha value is -1.02. The van der Waals surface area contributed by atoms with Gasteiger partial charge >= 0.3 is 0 Å². The van der Waals surface area contributed by atoms with E-state index in [2.05, 4.69) is 38.0 Å². The van der Waals surface area contributed by atoms with Crippen molar-refractivity contribution in [1.82, 2.24) is 14.6 Å². The third kappa shape index (κ3) is 4.11. The molecule has 0 amide bonds. The molecule has 7 heteroatoms. The Morgan fingerprint density at radius 2 is 1.96 bits per heavy atom. The van der Waals surface area contributed by atoms with Crippen LogP contribution in [0.1, 0.15) is 45.5 Å². The van der Waals surface area contributed by atoms with Crippen LogP contribution in [0.2, 0.25) is 0 Å². The van der Waals surface area contributed by atoms with E-state index in [9.17, 15) is 8.42 Å². The van der Waals surface area contributed by atoms with Gasteiger partial charge in [-0.2, -0.15) is 4.31 Å². The normalized spacial score (nSPS) is 17.8.